The van der Waals surface area contributed by atoms with Gasteiger partial charge in [-0.3, -0.25) is 4.79 Å². The van der Waals surface area contributed by atoms with Crippen LogP contribution >= 0.6 is 11.6 Å². The molecule has 0 bridgehead atoms. The molecule has 1 aromatic heterocycles. The van der Waals surface area contributed by atoms with Gasteiger partial charge in [0.15, 0.2) is 11.5 Å². The number of anilines is 1. The molecule has 1 amide bonds. The van der Waals surface area contributed by atoms with E-state index in [9.17, 15) is 9.90 Å². The SMILES string of the molecule is COc1cc2cc(C(=O)N3C[C@@H](CCl)c4c3cc3ccccc3c4O)[nH]c2c(OC)c1OC. The Labute approximate surface area is 195 Å². The number of rotatable bonds is 5. The van der Waals surface area contributed by atoms with Crippen LogP contribution in [0, 0.1) is 0 Å². The number of alkyl halides is 1. The molecule has 1 atom stereocenters. The van der Waals surface area contributed by atoms with Gasteiger partial charge in [0.2, 0.25) is 5.75 Å². The number of carbonyl (C=O) groups is 1. The second kappa shape index (κ2) is 8.08. The molecule has 2 N–H and O–H groups in total. The van der Waals surface area contributed by atoms with Gasteiger partial charge < -0.3 is 29.2 Å². The first-order valence-corrected chi connectivity index (χ1v) is 11.0. The van der Waals surface area contributed by atoms with Crippen molar-refractivity contribution < 1.29 is 24.1 Å². The first kappa shape index (κ1) is 21.3. The van der Waals surface area contributed by atoms with Gasteiger partial charge in [-0.15, -0.1) is 11.6 Å². The number of halogens is 1. The van der Waals surface area contributed by atoms with Crippen molar-refractivity contribution in [3.63, 3.8) is 0 Å². The van der Waals surface area contributed by atoms with Crippen LogP contribution in [0.1, 0.15) is 22.0 Å². The van der Waals surface area contributed by atoms with Crippen LogP contribution < -0.4 is 19.1 Å². The summed E-state index contributed by atoms with van der Waals surface area (Å²) in [4.78, 5) is 18.5. The highest BCUT2D eigenvalue weighted by atomic mass is 35.5. The topological polar surface area (TPSA) is 84.0 Å². The molecule has 8 heteroatoms. The lowest BCUT2D eigenvalue weighted by Crippen LogP contribution is -2.30. The van der Waals surface area contributed by atoms with Crippen LogP contribution in [0.2, 0.25) is 0 Å². The standard InChI is InChI=1S/C25H23ClN2O5/c1-31-19-10-14-8-17(27-21(14)24(33-3)23(19)32-2)25(30)28-12-15(11-26)20-18(28)9-13-6-4-5-7-16(13)22(20)29/h4-10,15,27,29H,11-12H2,1-3H3/t15-/m1/s1. The van der Waals surface area contributed by atoms with Crippen molar-refractivity contribution in [1.29, 1.82) is 0 Å². The first-order chi connectivity index (χ1) is 16.0. The molecule has 0 fully saturated rings. The zero-order valence-corrected chi connectivity index (χ0v) is 19.2. The molecule has 0 spiro atoms. The van der Waals surface area contributed by atoms with Gasteiger partial charge in [-0.1, -0.05) is 24.3 Å². The van der Waals surface area contributed by atoms with Gasteiger partial charge in [0.05, 0.1) is 32.5 Å². The summed E-state index contributed by atoms with van der Waals surface area (Å²) < 4.78 is 16.4. The Balaban J connectivity index is 1.64. The normalized spacial score (nSPS) is 15.2. The molecule has 3 aromatic carbocycles. The van der Waals surface area contributed by atoms with Crippen LogP contribution in [0.15, 0.2) is 42.5 Å². The summed E-state index contributed by atoms with van der Waals surface area (Å²) in [6.07, 6.45) is 0. The van der Waals surface area contributed by atoms with E-state index < -0.39 is 0 Å². The average Bonchev–Trinajstić information content (AvgIpc) is 3.44. The zero-order valence-electron chi connectivity index (χ0n) is 18.4. The van der Waals surface area contributed by atoms with E-state index in [1.165, 1.54) is 14.2 Å². The van der Waals surface area contributed by atoms with E-state index in [1.54, 1.807) is 24.1 Å². The lowest BCUT2D eigenvalue weighted by molar-refractivity contribution is 0.0984. The Morgan fingerprint density at radius 2 is 1.85 bits per heavy atom. The van der Waals surface area contributed by atoms with Gasteiger partial charge in [-0.25, -0.2) is 0 Å². The summed E-state index contributed by atoms with van der Waals surface area (Å²) in [5.74, 6) is 1.47. The number of carbonyl (C=O) groups excluding carboxylic acids is 1. The fourth-order valence-corrected chi connectivity index (χ4v) is 4.94. The number of hydrogen-bond acceptors (Lipinski definition) is 5. The Kier molecular flexibility index (Phi) is 5.21. The summed E-state index contributed by atoms with van der Waals surface area (Å²) in [5.41, 5.74) is 2.39. The van der Waals surface area contributed by atoms with Crippen molar-refractivity contribution in [2.75, 3.05) is 38.7 Å². The van der Waals surface area contributed by atoms with E-state index in [0.717, 1.165) is 16.2 Å². The van der Waals surface area contributed by atoms with Gasteiger partial charge in [0.25, 0.3) is 5.91 Å². The monoisotopic (exact) mass is 466 g/mol. The van der Waals surface area contributed by atoms with Crippen molar-refractivity contribution in [3.05, 3.63) is 53.7 Å². The molecule has 1 aliphatic rings. The Morgan fingerprint density at radius 3 is 2.55 bits per heavy atom. The number of aromatic hydroxyl groups is 1. The summed E-state index contributed by atoms with van der Waals surface area (Å²) in [6.45, 7) is 0.376. The molecular formula is C25H23ClN2O5. The number of aromatic amines is 1. The molecule has 170 valence electrons. The van der Waals surface area contributed by atoms with Crippen molar-refractivity contribution in [2.45, 2.75) is 5.92 Å². The number of benzene rings is 3. The highest BCUT2D eigenvalue weighted by Gasteiger charge is 2.36. The Bertz CT molecular complexity index is 1400. The lowest BCUT2D eigenvalue weighted by Gasteiger charge is -2.17. The van der Waals surface area contributed by atoms with Gasteiger partial charge >= 0.3 is 0 Å². The van der Waals surface area contributed by atoms with E-state index >= 15 is 0 Å². The van der Waals surface area contributed by atoms with E-state index in [4.69, 9.17) is 25.8 Å². The average molecular weight is 467 g/mol. The highest BCUT2D eigenvalue weighted by Crippen LogP contribution is 2.47. The molecule has 0 aliphatic carbocycles. The van der Waals surface area contributed by atoms with Gasteiger partial charge in [-0.2, -0.15) is 0 Å². The summed E-state index contributed by atoms with van der Waals surface area (Å²) in [7, 11) is 4.62. The first-order valence-electron chi connectivity index (χ1n) is 10.5. The fourth-order valence-electron chi connectivity index (χ4n) is 4.69. The molecular weight excluding hydrogens is 444 g/mol. The molecule has 0 unspecified atom stereocenters. The number of fused-ring (bicyclic) bond motifs is 3. The number of nitrogens with one attached hydrogen (secondary N) is 1. The molecule has 7 nitrogen and oxygen atoms in total. The molecule has 1 aliphatic heterocycles. The predicted octanol–water partition coefficient (Wildman–Crippen LogP) is 5.04. The highest BCUT2D eigenvalue weighted by molar-refractivity contribution is 6.19. The van der Waals surface area contributed by atoms with Crippen LogP contribution in [0.5, 0.6) is 23.0 Å². The maximum Gasteiger partial charge on any atom is 0.274 e. The number of methoxy groups -OCH3 is 3. The number of H-pyrrole nitrogens is 1. The van der Waals surface area contributed by atoms with E-state index in [0.29, 0.717) is 46.3 Å². The number of phenolic OH excluding ortho intramolecular Hbond substituents is 1. The Morgan fingerprint density at radius 1 is 1.09 bits per heavy atom. The number of ether oxygens (including phenoxy) is 3. The summed E-state index contributed by atoms with van der Waals surface area (Å²) >= 11 is 6.24. The largest absolute Gasteiger partial charge is 0.507 e. The lowest BCUT2D eigenvalue weighted by atomic mass is 9.97. The number of aromatic nitrogens is 1. The third kappa shape index (κ3) is 3.15. The molecule has 0 radical (unpaired) electrons. The van der Waals surface area contributed by atoms with E-state index in [-0.39, 0.29) is 23.5 Å². The van der Waals surface area contributed by atoms with Crippen molar-refractivity contribution >= 4 is 44.9 Å². The fraction of sp³-hybridized carbons (Fsp3) is 0.240. The predicted molar refractivity (Wildman–Crippen MR) is 129 cm³/mol. The van der Waals surface area contributed by atoms with E-state index in [2.05, 4.69) is 4.98 Å². The van der Waals surface area contributed by atoms with Crippen LogP contribution in [-0.4, -0.2) is 49.8 Å². The molecule has 0 saturated heterocycles. The quantitative estimate of drug-likeness (QED) is 0.403. The number of nitrogens with zero attached hydrogens (tertiary/aromatic N) is 1. The minimum absolute atomic E-state index is 0.172. The van der Waals surface area contributed by atoms with Crippen molar-refractivity contribution in [3.8, 4) is 23.0 Å². The molecule has 2 heterocycles. The number of hydrogen-bond donors (Lipinski definition) is 2. The molecule has 33 heavy (non-hydrogen) atoms. The number of amides is 1. The van der Waals surface area contributed by atoms with Crippen LogP contribution in [0.4, 0.5) is 5.69 Å². The van der Waals surface area contributed by atoms with Gasteiger partial charge in [-0.05, 0) is 23.6 Å². The van der Waals surface area contributed by atoms with E-state index in [1.807, 2.05) is 30.3 Å². The maximum atomic E-state index is 13.7. The second-order valence-corrected chi connectivity index (χ2v) is 8.25. The van der Waals surface area contributed by atoms with Gasteiger partial charge in [0, 0.05) is 34.7 Å². The minimum atomic E-state index is -0.227. The van der Waals surface area contributed by atoms with Crippen LogP contribution in [-0.2, 0) is 0 Å². The van der Waals surface area contributed by atoms with Crippen LogP contribution in [0.3, 0.4) is 0 Å². The smallest absolute Gasteiger partial charge is 0.274 e. The summed E-state index contributed by atoms with van der Waals surface area (Å²) in [5, 5.41) is 13.3. The third-order valence-corrected chi connectivity index (χ3v) is 6.60. The van der Waals surface area contributed by atoms with Crippen molar-refractivity contribution in [1.82, 2.24) is 4.98 Å². The Hall–Kier alpha value is -3.58. The number of phenols is 1. The minimum Gasteiger partial charge on any atom is -0.507 e. The summed E-state index contributed by atoms with van der Waals surface area (Å²) in [6, 6.07) is 13.1. The second-order valence-electron chi connectivity index (χ2n) is 7.94. The maximum absolute atomic E-state index is 13.7. The van der Waals surface area contributed by atoms with Crippen LogP contribution in [0.25, 0.3) is 21.7 Å². The third-order valence-electron chi connectivity index (χ3n) is 6.22. The molecule has 5 rings (SSSR count). The van der Waals surface area contributed by atoms with Crippen molar-refractivity contribution in [2.24, 2.45) is 0 Å². The molecule has 0 saturated carbocycles. The zero-order chi connectivity index (χ0) is 23.3. The molecule has 4 aromatic rings. The van der Waals surface area contributed by atoms with Gasteiger partial charge in [0.1, 0.15) is 11.4 Å².